The van der Waals surface area contributed by atoms with Crippen LogP contribution in [0.3, 0.4) is 0 Å². The lowest BCUT2D eigenvalue weighted by atomic mass is 9.81. The average Bonchev–Trinajstić information content (AvgIpc) is 3.23. The number of pyridine rings is 1. The molecule has 0 spiro atoms. The Labute approximate surface area is 164 Å². The Kier molecular flexibility index (Phi) is 5.13. The number of amides is 1. The summed E-state index contributed by atoms with van der Waals surface area (Å²) in [5, 5.41) is 9.99. The van der Waals surface area contributed by atoms with Crippen molar-refractivity contribution in [2.24, 2.45) is 11.3 Å². The van der Waals surface area contributed by atoms with E-state index in [2.05, 4.69) is 22.0 Å². The van der Waals surface area contributed by atoms with Gasteiger partial charge >= 0.3 is 5.97 Å². The number of carboxylic acid groups (broad SMARTS) is 1. The summed E-state index contributed by atoms with van der Waals surface area (Å²) in [7, 11) is 0. The van der Waals surface area contributed by atoms with Gasteiger partial charge in [0.2, 0.25) is 5.91 Å². The maximum Gasteiger partial charge on any atom is 0.313 e. The predicted octanol–water partition coefficient (Wildman–Crippen LogP) is 2.06. The van der Waals surface area contributed by atoms with Crippen LogP contribution < -0.4 is 0 Å². The number of hydrogen-bond acceptors (Lipinski definition) is 4. The first kappa shape index (κ1) is 18.6. The predicted molar refractivity (Wildman–Crippen MR) is 104 cm³/mol. The highest BCUT2D eigenvalue weighted by Crippen LogP contribution is 2.43. The van der Waals surface area contributed by atoms with Crippen LogP contribution in [0.2, 0.25) is 0 Å². The largest absolute Gasteiger partial charge is 0.481 e. The van der Waals surface area contributed by atoms with Gasteiger partial charge in [-0.15, -0.1) is 0 Å². The summed E-state index contributed by atoms with van der Waals surface area (Å²) in [6, 6.07) is 13.9. The monoisotopic (exact) mass is 379 g/mol. The van der Waals surface area contributed by atoms with Crippen molar-refractivity contribution < 1.29 is 14.7 Å². The summed E-state index contributed by atoms with van der Waals surface area (Å²) in [5.41, 5.74) is 1.42. The SMILES string of the molecule is O=C(CCc1ccncc1)N1C[C@H]2CN(Cc3ccccc3)C[C@@]2(C(=O)O)C1. The van der Waals surface area contributed by atoms with Gasteiger partial charge in [0.15, 0.2) is 0 Å². The minimum absolute atomic E-state index is 0.0152. The van der Waals surface area contributed by atoms with Crippen molar-refractivity contribution in [1.82, 2.24) is 14.8 Å². The second-order valence-electron chi connectivity index (χ2n) is 7.94. The van der Waals surface area contributed by atoms with Crippen LogP contribution in [-0.4, -0.2) is 57.9 Å². The Balaban J connectivity index is 1.39. The number of carbonyl (C=O) groups excluding carboxylic acids is 1. The van der Waals surface area contributed by atoms with E-state index < -0.39 is 11.4 Å². The van der Waals surface area contributed by atoms with Crippen LogP contribution >= 0.6 is 0 Å². The summed E-state index contributed by atoms with van der Waals surface area (Å²) >= 11 is 0. The molecule has 6 nitrogen and oxygen atoms in total. The molecule has 4 rings (SSSR count). The van der Waals surface area contributed by atoms with Crippen LogP contribution in [0.25, 0.3) is 0 Å². The number of benzene rings is 1. The van der Waals surface area contributed by atoms with Crippen molar-refractivity contribution in [3.8, 4) is 0 Å². The summed E-state index contributed by atoms with van der Waals surface area (Å²) in [4.78, 5) is 32.8. The molecule has 2 saturated heterocycles. The number of fused-ring (bicyclic) bond motifs is 1. The standard InChI is InChI=1S/C22H25N3O3/c26-20(7-6-17-8-10-23-11-9-17)25-14-19-13-24(12-18-4-2-1-3-5-18)15-22(19,16-25)21(27)28/h1-5,8-11,19H,6-7,12-16H2,(H,27,28)/t19-,22-/m1/s1. The molecule has 0 bridgehead atoms. The third-order valence-corrected chi connectivity index (χ3v) is 6.08. The van der Waals surface area contributed by atoms with Crippen molar-refractivity contribution in [2.45, 2.75) is 19.4 Å². The average molecular weight is 379 g/mol. The van der Waals surface area contributed by atoms with Gasteiger partial charge in [-0.3, -0.25) is 19.5 Å². The van der Waals surface area contributed by atoms with Crippen LogP contribution in [0.5, 0.6) is 0 Å². The number of likely N-dealkylation sites (tertiary alicyclic amines) is 2. The van der Waals surface area contributed by atoms with Gasteiger partial charge in [-0.1, -0.05) is 30.3 Å². The molecule has 2 aliphatic rings. The minimum Gasteiger partial charge on any atom is -0.481 e. The van der Waals surface area contributed by atoms with Gasteiger partial charge in [0.05, 0.1) is 0 Å². The van der Waals surface area contributed by atoms with Gasteiger partial charge in [0, 0.05) is 57.5 Å². The summed E-state index contributed by atoms with van der Waals surface area (Å²) in [6.45, 7) is 2.81. The lowest BCUT2D eigenvalue weighted by molar-refractivity contribution is -0.149. The number of aromatic nitrogens is 1. The van der Waals surface area contributed by atoms with Crippen LogP contribution in [-0.2, 0) is 22.6 Å². The minimum atomic E-state index is -0.846. The van der Waals surface area contributed by atoms with Crippen molar-refractivity contribution in [3.05, 3.63) is 66.0 Å². The number of hydrogen-bond donors (Lipinski definition) is 1. The first-order valence-corrected chi connectivity index (χ1v) is 9.73. The maximum absolute atomic E-state index is 12.7. The van der Waals surface area contributed by atoms with E-state index in [1.54, 1.807) is 17.3 Å². The highest BCUT2D eigenvalue weighted by atomic mass is 16.4. The zero-order valence-corrected chi connectivity index (χ0v) is 15.8. The van der Waals surface area contributed by atoms with Crippen LogP contribution in [0.1, 0.15) is 17.5 Å². The van der Waals surface area contributed by atoms with E-state index in [4.69, 9.17) is 0 Å². The summed E-state index contributed by atoms with van der Waals surface area (Å²) in [5.74, 6) is -0.752. The fourth-order valence-corrected chi connectivity index (χ4v) is 4.58. The summed E-state index contributed by atoms with van der Waals surface area (Å²) < 4.78 is 0. The molecule has 1 aromatic heterocycles. The molecule has 1 N–H and O–H groups in total. The normalized spacial score (nSPS) is 24.3. The molecule has 3 heterocycles. The highest BCUT2D eigenvalue weighted by molar-refractivity contribution is 5.81. The van der Waals surface area contributed by atoms with Gasteiger partial charge in [-0.05, 0) is 29.7 Å². The van der Waals surface area contributed by atoms with E-state index >= 15 is 0 Å². The Morgan fingerprint density at radius 1 is 1.04 bits per heavy atom. The Bertz CT molecular complexity index is 843. The summed E-state index contributed by atoms with van der Waals surface area (Å²) in [6.07, 6.45) is 4.50. The van der Waals surface area contributed by atoms with E-state index in [1.165, 1.54) is 5.56 Å². The smallest absolute Gasteiger partial charge is 0.313 e. The fraction of sp³-hybridized carbons (Fsp3) is 0.409. The molecule has 6 heteroatoms. The van der Waals surface area contributed by atoms with E-state index in [0.717, 1.165) is 18.7 Å². The van der Waals surface area contributed by atoms with Crippen LogP contribution in [0.4, 0.5) is 0 Å². The first-order chi connectivity index (χ1) is 13.6. The molecule has 1 aromatic carbocycles. The maximum atomic E-state index is 12.7. The van der Waals surface area contributed by atoms with E-state index in [0.29, 0.717) is 32.5 Å². The second-order valence-corrected chi connectivity index (χ2v) is 7.94. The molecular formula is C22H25N3O3. The first-order valence-electron chi connectivity index (χ1n) is 9.73. The molecule has 2 atom stereocenters. The molecule has 1 amide bonds. The number of carbonyl (C=O) groups is 2. The lowest BCUT2D eigenvalue weighted by Crippen LogP contribution is -2.42. The lowest BCUT2D eigenvalue weighted by Gasteiger charge is -2.25. The number of aliphatic carboxylic acids is 1. The Morgan fingerprint density at radius 2 is 1.79 bits per heavy atom. The molecule has 2 fully saturated rings. The van der Waals surface area contributed by atoms with Crippen molar-refractivity contribution in [1.29, 1.82) is 0 Å². The van der Waals surface area contributed by atoms with Crippen molar-refractivity contribution in [2.75, 3.05) is 26.2 Å². The zero-order valence-electron chi connectivity index (χ0n) is 15.8. The fourth-order valence-electron chi connectivity index (χ4n) is 4.58. The van der Waals surface area contributed by atoms with Crippen LogP contribution in [0.15, 0.2) is 54.9 Å². The highest BCUT2D eigenvalue weighted by Gasteiger charge is 2.58. The molecule has 2 aromatic rings. The molecule has 146 valence electrons. The number of aryl methyl sites for hydroxylation is 1. The molecular weight excluding hydrogens is 354 g/mol. The third-order valence-electron chi connectivity index (χ3n) is 6.08. The van der Waals surface area contributed by atoms with Gasteiger partial charge in [0.25, 0.3) is 0 Å². The Morgan fingerprint density at radius 3 is 2.46 bits per heavy atom. The molecule has 2 aliphatic heterocycles. The quantitative estimate of drug-likeness (QED) is 0.832. The number of carboxylic acids is 1. The van der Waals surface area contributed by atoms with Crippen molar-refractivity contribution in [3.63, 3.8) is 0 Å². The second kappa shape index (κ2) is 7.72. The molecule has 0 radical (unpaired) electrons. The van der Waals surface area contributed by atoms with Gasteiger partial charge in [0.1, 0.15) is 5.41 Å². The third kappa shape index (κ3) is 3.64. The molecule has 28 heavy (non-hydrogen) atoms. The van der Waals surface area contributed by atoms with Gasteiger partial charge in [-0.25, -0.2) is 0 Å². The van der Waals surface area contributed by atoms with Gasteiger partial charge in [-0.2, -0.15) is 0 Å². The van der Waals surface area contributed by atoms with Crippen molar-refractivity contribution >= 4 is 11.9 Å². The van der Waals surface area contributed by atoms with E-state index in [-0.39, 0.29) is 11.8 Å². The number of nitrogens with zero attached hydrogens (tertiary/aromatic N) is 3. The Hall–Kier alpha value is -2.73. The number of rotatable bonds is 6. The molecule has 0 saturated carbocycles. The molecule has 0 aliphatic carbocycles. The van der Waals surface area contributed by atoms with Gasteiger partial charge < -0.3 is 10.0 Å². The van der Waals surface area contributed by atoms with Crippen LogP contribution in [0, 0.1) is 11.3 Å². The zero-order chi connectivity index (χ0) is 19.6. The van der Waals surface area contributed by atoms with E-state index in [9.17, 15) is 14.7 Å². The molecule has 0 unspecified atom stereocenters. The topological polar surface area (TPSA) is 73.7 Å². The van der Waals surface area contributed by atoms with E-state index in [1.807, 2.05) is 30.3 Å².